The van der Waals surface area contributed by atoms with Gasteiger partial charge in [0.05, 0.1) is 24.9 Å². The van der Waals surface area contributed by atoms with Crippen molar-refractivity contribution >= 4 is 39.9 Å². The van der Waals surface area contributed by atoms with E-state index in [1.807, 2.05) is 60.8 Å². The van der Waals surface area contributed by atoms with Crippen LogP contribution in [0.3, 0.4) is 0 Å². The van der Waals surface area contributed by atoms with Gasteiger partial charge in [0.25, 0.3) is 0 Å². The molecule has 10 heteroatoms. The first-order chi connectivity index (χ1) is 17.0. The minimum absolute atomic E-state index is 0.106. The van der Waals surface area contributed by atoms with E-state index < -0.39 is 6.04 Å². The van der Waals surface area contributed by atoms with Gasteiger partial charge >= 0.3 is 0 Å². The van der Waals surface area contributed by atoms with Crippen LogP contribution in [-0.4, -0.2) is 54.2 Å². The Balaban J connectivity index is 1.80. The van der Waals surface area contributed by atoms with Gasteiger partial charge in [0.1, 0.15) is 23.9 Å². The number of amides is 2. The number of nitrogens with one attached hydrogen (secondary N) is 1. The van der Waals surface area contributed by atoms with Gasteiger partial charge in [-0.3, -0.25) is 14.5 Å². The number of fused-ring (bicyclic) bond motifs is 1. The molecule has 1 N–H and O–H groups in total. The third-order valence-corrected chi connectivity index (χ3v) is 6.42. The van der Waals surface area contributed by atoms with Crippen LogP contribution in [0, 0.1) is 6.92 Å². The Morgan fingerprint density at radius 2 is 1.97 bits per heavy atom. The number of thiophene rings is 1. The summed E-state index contributed by atoms with van der Waals surface area (Å²) in [6.45, 7) is 2.49. The lowest BCUT2D eigenvalue weighted by Gasteiger charge is -2.32. The zero-order chi connectivity index (χ0) is 24.8. The fourth-order valence-corrected chi connectivity index (χ4v) is 4.65. The Morgan fingerprint density at radius 1 is 1.14 bits per heavy atom. The Morgan fingerprint density at radius 3 is 2.71 bits per heavy atom. The van der Waals surface area contributed by atoms with Crippen LogP contribution in [0.15, 0.2) is 60.0 Å². The molecule has 0 aliphatic heterocycles. The van der Waals surface area contributed by atoms with Crippen LogP contribution in [0.5, 0.6) is 5.75 Å². The number of ether oxygens (including phenoxy) is 2. The summed E-state index contributed by atoms with van der Waals surface area (Å²) in [5.74, 6) is -0.159. The smallest absolute Gasteiger partial charge is 0.249 e. The molecule has 0 spiro atoms. The lowest BCUT2D eigenvalue weighted by Crippen LogP contribution is -2.45. The minimum Gasteiger partial charge on any atom is -0.495 e. The number of carbonyl (C=O) groups excluding carboxylic acids is 2. The van der Waals surface area contributed by atoms with Gasteiger partial charge in [-0.05, 0) is 48.2 Å². The predicted molar refractivity (Wildman–Crippen MR) is 135 cm³/mol. The maximum absolute atomic E-state index is 14.0. The van der Waals surface area contributed by atoms with Crippen LogP contribution >= 0.6 is 11.3 Å². The molecule has 1 atom stereocenters. The van der Waals surface area contributed by atoms with Crippen molar-refractivity contribution in [2.45, 2.75) is 19.5 Å². The number of rotatable bonds is 10. The third kappa shape index (κ3) is 5.33. The minimum atomic E-state index is -0.912. The molecular weight excluding hydrogens is 466 g/mol. The molecule has 0 fully saturated rings. The average Bonchev–Trinajstić information content (AvgIpc) is 3.53. The number of methoxy groups -OCH3 is 2. The highest BCUT2D eigenvalue weighted by Crippen LogP contribution is 2.37. The molecule has 182 valence electrons. The van der Waals surface area contributed by atoms with Gasteiger partial charge in [0.2, 0.25) is 11.8 Å². The normalized spacial score (nSPS) is 11.9. The molecule has 0 bridgehead atoms. The Kier molecular flexibility index (Phi) is 7.74. The van der Waals surface area contributed by atoms with E-state index in [1.165, 1.54) is 16.2 Å². The molecule has 2 aromatic carbocycles. The summed E-state index contributed by atoms with van der Waals surface area (Å²) in [7, 11) is 3.11. The molecule has 4 rings (SSSR count). The molecule has 2 heterocycles. The quantitative estimate of drug-likeness (QED) is 0.340. The Labute approximate surface area is 207 Å². The van der Waals surface area contributed by atoms with Crippen molar-refractivity contribution in [3.63, 3.8) is 0 Å². The van der Waals surface area contributed by atoms with Gasteiger partial charge in [-0.2, -0.15) is 0 Å². The second-order valence-electron chi connectivity index (χ2n) is 7.88. The summed E-state index contributed by atoms with van der Waals surface area (Å²) in [6, 6.07) is 15.8. The molecule has 0 aliphatic carbocycles. The number of nitrogens with zero attached hydrogens (tertiary/aromatic N) is 4. The zero-order valence-corrected chi connectivity index (χ0v) is 20.6. The monoisotopic (exact) mass is 493 g/mol. The zero-order valence-electron chi connectivity index (χ0n) is 19.8. The molecule has 2 amide bonds. The fourth-order valence-electron chi connectivity index (χ4n) is 3.84. The maximum Gasteiger partial charge on any atom is 0.249 e. The molecule has 4 aromatic rings. The first-order valence-electron chi connectivity index (χ1n) is 11.1. The predicted octanol–water partition coefficient (Wildman–Crippen LogP) is 3.35. The molecule has 0 radical (unpaired) electrons. The van der Waals surface area contributed by atoms with E-state index in [0.29, 0.717) is 30.1 Å². The number of anilines is 1. The number of carbonyl (C=O) groups is 2. The summed E-state index contributed by atoms with van der Waals surface area (Å²) in [6.07, 6.45) is 0. The number of hydrogen-bond acceptors (Lipinski definition) is 7. The van der Waals surface area contributed by atoms with Crippen molar-refractivity contribution in [1.82, 2.24) is 20.3 Å². The molecule has 9 nitrogen and oxygen atoms in total. The number of benzene rings is 2. The van der Waals surface area contributed by atoms with Gasteiger partial charge in [0, 0.05) is 18.5 Å². The van der Waals surface area contributed by atoms with Crippen molar-refractivity contribution < 1.29 is 19.1 Å². The second-order valence-corrected chi connectivity index (χ2v) is 8.86. The van der Waals surface area contributed by atoms with Crippen LogP contribution < -0.4 is 15.0 Å². The topological polar surface area (TPSA) is 98.6 Å². The maximum atomic E-state index is 14.0. The summed E-state index contributed by atoms with van der Waals surface area (Å²) in [5.41, 5.74) is 2.85. The average molecular weight is 494 g/mol. The summed E-state index contributed by atoms with van der Waals surface area (Å²) in [4.78, 5) is 29.7. The number of aromatic nitrogens is 3. The van der Waals surface area contributed by atoms with Crippen LogP contribution in [-0.2, 0) is 20.9 Å². The highest BCUT2D eigenvalue weighted by molar-refractivity contribution is 7.10. The fraction of sp³-hybridized carbons (Fsp3) is 0.280. The van der Waals surface area contributed by atoms with Gasteiger partial charge in [-0.1, -0.05) is 29.5 Å². The van der Waals surface area contributed by atoms with E-state index in [2.05, 4.69) is 15.6 Å². The standard InChI is InChI=1S/C25H27N5O4S/c1-17-10-11-21(34-3)20(15-17)30(23(31)16-29-19-8-5-4-7-18(19)27-28-29)24(22-9-6-14-35-22)25(32)26-12-13-33-2/h4-11,14-15,24H,12-13,16H2,1-3H3,(H,26,32)/t24-/m0/s1. The number of aryl methyl sites for hydroxylation is 1. The largest absolute Gasteiger partial charge is 0.495 e. The SMILES string of the molecule is COCCNC(=O)[C@H](c1cccs1)N(C(=O)Cn1nnc2ccccc21)c1cc(C)ccc1OC. The van der Waals surface area contributed by atoms with E-state index in [4.69, 9.17) is 9.47 Å². The first kappa shape index (κ1) is 24.4. The molecule has 35 heavy (non-hydrogen) atoms. The summed E-state index contributed by atoms with van der Waals surface area (Å²) >= 11 is 1.41. The summed E-state index contributed by atoms with van der Waals surface area (Å²) in [5, 5.41) is 13.1. The van der Waals surface area contributed by atoms with E-state index >= 15 is 0 Å². The van der Waals surface area contributed by atoms with Crippen molar-refractivity contribution in [2.75, 3.05) is 32.3 Å². The lowest BCUT2D eigenvalue weighted by atomic mass is 10.1. The van der Waals surface area contributed by atoms with E-state index in [1.54, 1.807) is 25.0 Å². The highest BCUT2D eigenvalue weighted by atomic mass is 32.1. The van der Waals surface area contributed by atoms with Gasteiger partial charge in [-0.15, -0.1) is 16.4 Å². The number of hydrogen-bond donors (Lipinski definition) is 1. The second kappa shape index (κ2) is 11.1. The van der Waals surface area contributed by atoms with Crippen molar-refractivity contribution in [3.8, 4) is 5.75 Å². The van der Waals surface area contributed by atoms with Crippen LogP contribution in [0.4, 0.5) is 5.69 Å². The Hall–Kier alpha value is -3.76. The molecule has 0 unspecified atom stereocenters. The van der Waals surface area contributed by atoms with Crippen molar-refractivity contribution in [2.24, 2.45) is 0 Å². The molecule has 0 aliphatic rings. The molecule has 2 aromatic heterocycles. The van der Waals surface area contributed by atoms with Gasteiger partial charge < -0.3 is 14.8 Å². The molecular formula is C25H27N5O4S. The van der Waals surface area contributed by atoms with Crippen molar-refractivity contribution in [3.05, 3.63) is 70.4 Å². The van der Waals surface area contributed by atoms with Crippen molar-refractivity contribution in [1.29, 1.82) is 0 Å². The Bertz CT molecular complexity index is 1300. The highest BCUT2D eigenvalue weighted by Gasteiger charge is 2.35. The van der Waals surface area contributed by atoms with Gasteiger partial charge in [0.15, 0.2) is 0 Å². The van der Waals surface area contributed by atoms with Crippen LogP contribution in [0.2, 0.25) is 0 Å². The van der Waals surface area contributed by atoms with E-state index in [9.17, 15) is 9.59 Å². The first-order valence-corrected chi connectivity index (χ1v) is 12.0. The van der Waals surface area contributed by atoms with Gasteiger partial charge in [-0.25, -0.2) is 4.68 Å². The van der Waals surface area contributed by atoms with Crippen LogP contribution in [0.25, 0.3) is 11.0 Å². The molecule has 0 saturated carbocycles. The number of para-hydroxylation sites is 1. The van der Waals surface area contributed by atoms with E-state index in [-0.39, 0.29) is 18.4 Å². The lowest BCUT2D eigenvalue weighted by molar-refractivity contribution is -0.127. The third-order valence-electron chi connectivity index (χ3n) is 5.49. The van der Waals surface area contributed by atoms with Crippen LogP contribution in [0.1, 0.15) is 16.5 Å². The molecule has 0 saturated heterocycles. The van der Waals surface area contributed by atoms with E-state index in [0.717, 1.165) is 16.0 Å². The summed E-state index contributed by atoms with van der Waals surface area (Å²) < 4.78 is 12.2.